The Morgan fingerprint density at radius 1 is 0.931 bits per heavy atom. The molecule has 156 valence electrons. The molecule has 2 aromatic rings. The van der Waals surface area contributed by atoms with Crippen molar-refractivity contribution in [3.05, 3.63) is 59.1 Å². The van der Waals surface area contributed by atoms with Crippen molar-refractivity contribution in [2.24, 2.45) is 0 Å². The van der Waals surface area contributed by atoms with Gasteiger partial charge in [-0.25, -0.2) is 16.8 Å². The van der Waals surface area contributed by atoms with E-state index in [0.29, 0.717) is 0 Å². The van der Waals surface area contributed by atoms with E-state index < -0.39 is 39.1 Å². The zero-order valence-electron chi connectivity index (χ0n) is 15.7. The minimum absolute atomic E-state index is 0.148. The highest BCUT2D eigenvalue weighted by atomic mass is 32.3. The van der Waals surface area contributed by atoms with Crippen LogP contribution < -0.4 is 4.18 Å². The third-order valence-electron chi connectivity index (χ3n) is 3.87. The van der Waals surface area contributed by atoms with Gasteiger partial charge in [-0.15, -0.1) is 4.79 Å². The van der Waals surface area contributed by atoms with Crippen LogP contribution in [0.5, 0.6) is 5.75 Å². The first-order valence-electron chi connectivity index (χ1n) is 8.17. The van der Waals surface area contributed by atoms with Gasteiger partial charge in [-0.3, -0.25) is 0 Å². The molecule has 0 atom stereocenters. The Hall–Kier alpha value is -2.53. The Kier molecular flexibility index (Phi) is 6.33. The van der Waals surface area contributed by atoms with Crippen molar-refractivity contribution >= 4 is 34.2 Å². The second-order valence-corrected chi connectivity index (χ2v) is 11.9. The van der Waals surface area contributed by atoms with Crippen LogP contribution in [0.15, 0.2) is 52.3 Å². The van der Waals surface area contributed by atoms with Gasteiger partial charge in [-0.05, 0) is 56.7 Å². The Morgan fingerprint density at radius 2 is 1.52 bits per heavy atom. The molecule has 0 aliphatic carbocycles. The van der Waals surface area contributed by atoms with Crippen molar-refractivity contribution in [2.45, 2.75) is 30.6 Å². The summed E-state index contributed by atoms with van der Waals surface area (Å²) in [5, 5.41) is 0. The lowest BCUT2D eigenvalue weighted by atomic mass is 10.2. The SMILES string of the molecule is CCS(=O)(=O)Oc1ccc(S(=O)(=O)C(=[N+]=[N-])S(=O)(=O)c2ccc(C)cc2C)cc1. The fraction of sp³-hybridized carbons (Fsp3) is 0.235. The summed E-state index contributed by atoms with van der Waals surface area (Å²) in [5.41, 5.74) is 10.3. The lowest BCUT2D eigenvalue weighted by Crippen LogP contribution is -2.27. The van der Waals surface area contributed by atoms with E-state index in [-0.39, 0.29) is 22.0 Å². The van der Waals surface area contributed by atoms with Gasteiger partial charge < -0.3 is 9.71 Å². The molecular formula is C17H18N2O7S3. The van der Waals surface area contributed by atoms with Crippen molar-refractivity contribution in [3.63, 3.8) is 0 Å². The van der Waals surface area contributed by atoms with Crippen LogP contribution in [-0.4, -0.2) is 40.2 Å². The average molecular weight is 459 g/mol. The van der Waals surface area contributed by atoms with Crippen molar-refractivity contribution in [1.82, 2.24) is 0 Å². The highest BCUT2D eigenvalue weighted by Crippen LogP contribution is 2.25. The maximum atomic E-state index is 12.8. The quantitative estimate of drug-likeness (QED) is 0.218. The van der Waals surface area contributed by atoms with Gasteiger partial charge in [0, 0.05) is 0 Å². The van der Waals surface area contributed by atoms with E-state index in [4.69, 9.17) is 4.18 Å². The molecule has 0 fully saturated rings. The number of rotatable bonds is 5. The van der Waals surface area contributed by atoms with Gasteiger partial charge in [-0.2, -0.15) is 8.42 Å². The number of benzene rings is 2. The molecule has 12 heteroatoms. The first-order chi connectivity index (χ1) is 13.3. The third kappa shape index (κ3) is 4.73. The molecule has 0 N–H and O–H groups in total. The molecular weight excluding hydrogens is 440 g/mol. The number of hydrogen-bond acceptors (Lipinski definition) is 7. The zero-order chi connectivity index (χ0) is 22.0. The fourth-order valence-corrected chi connectivity index (χ4v) is 6.49. The molecule has 0 heterocycles. The van der Waals surface area contributed by atoms with Gasteiger partial charge in [0.1, 0.15) is 5.75 Å². The Morgan fingerprint density at radius 3 is 2.00 bits per heavy atom. The lowest BCUT2D eigenvalue weighted by Gasteiger charge is -2.07. The summed E-state index contributed by atoms with van der Waals surface area (Å²) in [6.07, 6.45) is 0. The van der Waals surface area contributed by atoms with Crippen molar-refractivity contribution < 1.29 is 34.2 Å². The molecule has 0 saturated heterocycles. The van der Waals surface area contributed by atoms with E-state index in [9.17, 15) is 30.8 Å². The summed E-state index contributed by atoms with van der Waals surface area (Å²) in [4.78, 5) is 1.73. The molecule has 29 heavy (non-hydrogen) atoms. The summed E-state index contributed by atoms with van der Waals surface area (Å²) in [6.45, 7) is 4.60. The minimum Gasteiger partial charge on any atom is -0.382 e. The van der Waals surface area contributed by atoms with Gasteiger partial charge in [0.2, 0.25) is 0 Å². The first kappa shape index (κ1) is 22.8. The van der Waals surface area contributed by atoms with Crippen molar-refractivity contribution in [2.75, 3.05) is 5.75 Å². The van der Waals surface area contributed by atoms with Gasteiger partial charge in [0.15, 0.2) is 0 Å². The van der Waals surface area contributed by atoms with Gasteiger partial charge in [0.05, 0.1) is 15.5 Å². The van der Waals surface area contributed by atoms with Crippen LogP contribution in [-0.2, 0) is 29.8 Å². The van der Waals surface area contributed by atoms with E-state index in [2.05, 4.69) is 4.79 Å². The standard InChI is InChI=1S/C17H18N2O7S3/c1-4-27(20,21)26-14-6-8-15(9-7-14)28(22,23)17(19-18)29(24,25)16-10-5-12(2)11-13(16)3/h5-11H,4H2,1-3H3. The smallest absolute Gasteiger partial charge is 0.382 e. The number of sulfone groups is 2. The highest BCUT2D eigenvalue weighted by molar-refractivity contribution is 8.31. The lowest BCUT2D eigenvalue weighted by molar-refractivity contribution is 0.00380. The second-order valence-electron chi connectivity index (χ2n) is 6.04. The van der Waals surface area contributed by atoms with Gasteiger partial charge in [-0.1, -0.05) is 17.7 Å². The van der Waals surface area contributed by atoms with Crippen LogP contribution >= 0.6 is 0 Å². The number of hydrogen-bond donors (Lipinski definition) is 0. The second kappa shape index (κ2) is 8.07. The first-order valence-corrected chi connectivity index (χ1v) is 12.7. The summed E-state index contributed by atoms with van der Waals surface area (Å²) in [6, 6.07) is 8.29. The van der Waals surface area contributed by atoms with E-state index in [1.54, 1.807) is 13.0 Å². The molecule has 9 nitrogen and oxygen atoms in total. The van der Waals surface area contributed by atoms with Gasteiger partial charge >= 0.3 is 14.5 Å². The van der Waals surface area contributed by atoms with E-state index >= 15 is 0 Å². The minimum atomic E-state index is -4.74. The molecule has 0 unspecified atom stereocenters. The van der Waals surface area contributed by atoms with Crippen LogP contribution in [0.1, 0.15) is 18.1 Å². The molecule has 0 bridgehead atoms. The Bertz CT molecular complexity index is 1310. The zero-order valence-corrected chi connectivity index (χ0v) is 18.2. The van der Waals surface area contributed by atoms with Crippen LogP contribution in [0.3, 0.4) is 0 Å². The summed E-state index contributed by atoms with van der Waals surface area (Å²) in [5.74, 6) is -0.437. The molecule has 0 aliphatic heterocycles. The van der Waals surface area contributed by atoms with Crippen LogP contribution in [0.4, 0.5) is 0 Å². The molecule has 0 aliphatic rings. The largest absolute Gasteiger partial charge is 0.504 e. The molecule has 0 radical (unpaired) electrons. The van der Waals surface area contributed by atoms with E-state index in [1.807, 2.05) is 0 Å². The molecule has 2 rings (SSSR count). The Balaban J connectivity index is 2.52. The molecule has 0 spiro atoms. The topological polar surface area (TPSA) is 148 Å². The molecule has 2 aromatic carbocycles. The summed E-state index contributed by atoms with van der Waals surface area (Å²) in [7, 11) is -13.2. The molecule has 0 aromatic heterocycles. The highest BCUT2D eigenvalue weighted by Gasteiger charge is 2.44. The number of nitrogens with zero attached hydrogens (tertiary/aromatic N) is 2. The summed E-state index contributed by atoms with van der Waals surface area (Å²) >= 11 is 0. The molecule has 0 saturated carbocycles. The third-order valence-corrected chi connectivity index (χ3v) is 9.35. The predicted octanol–water partition coefficient (Wildman–Crippen LogP) is 1.87. The fourth-order valence-electron chi connectivity index (χ4n) is 2.43. The van der Waals surface area contributed by atoms with Crippen LogP contribution in [0, 0.1) is 13.8 Å². The van der Waals surface area contributed by atoms with Crippen LogP contribution in [0.25, 0.3) is 5.53 Å². The monoisotopic (exact) mass is 458 g/mol. The normalized spacial score (nSPS) is 12.2. The van der Waals surface area contributed by atoms with Crippen LogP contribution in [0.2, 0.25) is 0 Å². The average Bonchev–Trinajstić information content (AvgIpc) is 2.61. The predicted molar refractivity (Wildman–Crippen MR) is 105 cm³/mol. The van der Waals surface area contributed by atoms with Gasteiger partial charge in [0.25, 0.3) is 19.7 Å². The maximum absolute atomic E-state index is 12.8. The molecule has 0 amide bonds. The number of aryl methyl sites for hydroxylation is 2. The van der Waals surface area contributed by atoms with E-state index in [1.165, 1.54) is 26.0 Å². The Labute approximate surface area is 169 Å². The van der Waals surface area contributed by atoms with E-state index in [0.717, 1.165) is 29.8 Å². The summed E-state index contributed by atoms with van der Waals surface area (Å²) < 4.78 is 77.5. The van der Waals surface area contributed by atoms with Crippen molar-refractivity contribution in [3.8, 4) is 5.75 Å². The maximum Gasteiger partial charge on any atom is 0.504 e. The van der Waals surface area contributed by atoms with Crippen molar-refractivity contribution in [1.29, 1.82) is 0 Å².